The number of ether oxygens (including phenoxy) is 1. The molecule has 0 atom stereocenters. The van der Waals surface area contributed by atoms with Gasteiger partial charge in [-0.25, -0.2) is 4.79 Å². The summed E-state index contributed by atoms with van der Waals surface area (Å²) in [7, 11) is 0. The minimum atomic E-state index is -0.168. The first-order valence-electron chi connectivity index (χ1n) is 8.47. The molecule has 1 fully saturated rings. The second-order valence-corrected chi connectivity index (χ2v) is 6.36. The topological polar surface area (TPSA) is 50.4 Å². The number of rotatable bonds is 6. The number of anilines is 1. The summed E-state index contributed by atoms with van der Waals surface area (Å²) in [6.07, 6.45) is 2.25. The molecule has 0 saturated heterocycles. The van der Waals surface area contributed by atoms with Crippen LogP contribution >= 0.6 is 0 Å². The van der Waals surface area contributed by atoms with Crippen molar-refractivity contribution in [2.75, 3.05) is 18.5 Å². The van der Waals surface area contributed by atoms with E-state index in [9.17, 15) is 4.79 Å². The van der Waals surface area contributed by atoms with Crippen LogP contribution in [0.25, 0.3) is 0 Å². The maximum atomic E-state index is 12.2. The van der Waals surface area contributed by atoms with E-state index in [4.69, 9.17) is 4.74 Å². The van der Waals surface area contributed by atoms with Gasteiger partial charge in [-0.2, -0.15) is 0 Å². The largest absolute Gasteiger partial charge is 0.494 e. The van der Waals surface area contributed by atoms with E-state index >= 15 is 0 Å². The van der Waals surface area contributed by atoms with Crippen LogP contribution in [-0.2, 0) is 5.41 Å². The number of amides is 2. The Kier molecular flexibility index (Phi) is 4.74. The van der Waals surface area contributed by atoms with Crippen molar-refractivity contribution in [1.82, 2.24) is 5.32 Å². The lowest BCUT2D eigenvalue weighted by molar-refractivity contribution is 0.251. The van der Waals surface area contributed by atoms with E-state index in [0.717, 1.165) is 24.3 Å². The zero-order valence-electron chi connectivity index (χ0n) is 14.3. The highest BCUT2D eigenvalue weighted by Crippen LogP contribution is 2.48. The Morgan fingerprint density at radius 3 is 2.46 bits per heavy atom. The number of benzene rings is 2. The van der Waals surface area contributed by atoms with Crippen molar-refractivity contribution in [3.63, 3.8) is 0 Å². The number of carbonyl (C=O) groups excluding carboxylic acids is 1. The van der Waals surface area contributed by atoms with Crippen molar-refractivity contribution in [3.05, 3.63) is 59.7 Å². The van der Waals surface area contributed by atoms with Crippen molar-refractivity contribution in [1.29, 1.82) is 0 Å². The van der Waals surface area contributed by atoms with Crippen molar-refractivity contribution in [2.24, 2.45) is 0 Å². The molecular weight excluding hydrogens is 300 g/mol. The van der Waals surface area contributed by atoms with Gasteiger partial charge in [0, 0.05) is 17.6 Å². The van der Waals surface area contributed by atoms with E-state index < -0.39 is 0 Å². The molecule has 2 aromatic carbocycles. The standard InChI is InChI=1S/C20H24N2O2/c1-3-24-17-10-8-16(9-11-17)22-19(23)21-14-20(12-13-20)18-7-5-4-6-15(18)2/h4-11H,3,12-14H2,1-2H3,(H2,21,22,23). The number of hydrogen-bond acceptors (Lipinski definition) is 2. The summed E-state index contributed by atoms with van der Waals surface area (Å²) in [5.41, 5.74) is 3.52. The highest BCUT2D eigenvalue weighted by molar-refractivity contribution is 5.89. The summed E-state index contributed by atoms with van der Waals surface area (Å²) in [4.78, 5) is 12.2. The van der Waals surface area contributed by atoms with Crippen LogP contribution in [0.1, 0.15) is 30.9 Å². The third-order valence-electron chi connectivity index (χ3n) is 4.58. The molecule has 0 radical (unpaired) electrons. The second kappa shape index (κ2) is 6.95. The van der Waals surface area contributed by atoms with Crippen LogP contribution in [0.2, 0.25) is 0 Å². The molecule has 0 heterocycles. The summed E-state index contributed by atoms with van der Waals surface area (Å²) in [6, 6.07) is 15.7. The minimum Gasteiger partial charge on any atom is -0.494 e. The highest BCUT2D eigenvalue weighted by atomic mass is 16.5. The second-order valence-electron chi connectivity index (χ2n) is 6.36. The Balaban J connectivity index is 1.55. The van der Waals surface area contributed by atoms with E-state index in [2.05, 4.69) is 41.8 Å². The Labute approximate surface area is 143 Å². The molecule has 4 heteroatoms. The van der Waals surface area contributed by atoms with Crippen LogP contribution in [0.4, 0.5) is 10.5 Å². The Morgan fingerprint density at radius 1 is 1.12 bits per heavy atom. The lowest BCUT2D eigenvalue weighted by Gasteiger charge is -2.19. The maximum Gasteiger partial charge on any atom is 0.319 e. The molecule has 1 saturated carbocycles. The van der Waals surface area contributed by atoms with Crippen LogP contribution in [-0.4, -0.2) is 19.2 Å². The van der Waals surface area contributed by atoms with Gasteiger partial charge in [0.15, 0.2) is 0 Å². The number of nitrogens with one attached hydrogen (secondary N) is 2. The number of hydrogen-bond donors (Lipinski definition) is 2. The monoisotopic (exact) mass is 324 g/mol. The van der Waals surface area contributed by atoms with E-state index in [0.29, 0.717) is 13.2 Å². The smallest absolute Gasteiger partial charge is 0.319 e. The number of aryl methyl sites for hydroxylation is 1. The first kappa shape index (κ1) is 16.4. The zero-order valence-corrected chi connectivity index (χ0v) is 14.3. The van der Waals surface area contributed by atoms with Gasteiger partial charge in [-0.05, 0) is 62.1 Å². The number of urea groups is 1. The van der Waals surface area contributed by atoms with Crippen LogP contribution in [0, 0.1) is 6.92 Å². The number of carbonyl (C=O) groups is 1. The summed E-state index contributed by atoms with van der Waals surface area (Å²) in [5.74, 6) is 0.806. The Bertz CT molecular complexity index is 706. The first-order chi connectivity index (χ1) is 11.6. The molecule has 126 valence electrons. The maximum absolute atomic E-state index is 12.2. The van der Waals surface area contributed by atoms with Crippen LogP contribution < -0.4 is 15.4 Å². The van der Waals surface area contributed by atoms with Gasteiger partial charge >= 0.3 is 6.03 Å². The summed E-state index contributed by atoms with van der Waals surface area (Å²) < 4.78 is 5.40. The van der Waals surface area contributed by atoms with E-state index in [1.165, 1.54) is 11.1 Å². The average Bonchev–Trinajstić information content (AvgIpc) is 3.37. The average molecular weight is 324 g/mol. The van der Waals surface area contributed by atoms with E-state index in [1.807, 2.05) is 31.2 Å². The molecule has 4 nitrogen and oxygen atoms in total. The molecule has 0 bridgehead atoms. The molecule has 24 heavy (non-hydrogen) atoms. The van der Waals surface area contributed by atoms with Gasteiger partial charge in [-0.15, -0.1) is 0 Å². The quantitative estimate of drug-likeness (QED) is 0.834. The molecular formula is C20H24N2O2. The highest BCUT2D eigenvalue weighted by Gasteiger charge is 2.45. The summed E-state index contributed by atoms with van der Waals surface area (Å²) >= 11 is 0. The molecule has 1 aliphatic rings. The fraction of sp³-hybridized carbons (Fsp3) is 0.350. The van der Waals surface area contributed by atoms with Crippen molar-refractivity contribution >= 4 is 11.7 Å². The molecule has 0 aliphatic heterocycles. The van der Waals surface area contributed by atoms with Gasteiger partial charge in [0.25, 0.3) is 0 Å². The van der Waals surface area contributed by atoms with Gasteiger partial charge in [0.2, 0.25) is 0 Å². The summed E-state index contributed by atoms with van der Waals surface area (Å²) in [5, 5.41) is 5.89. The van der Waals surface area contributed by atoms with Gasteiger partial charge < -0.3 is 15.4 Å². The van der Waals surface area contributed by atoms with Gasteiger partial charge in [0.05, 0.1) is 6.61 Å². The Morgan fingerprint density at radius 2 is 1.83 bits per heavy atom. The zero-order chi connectivity index (χ0) is 17.0. The van der Waals surface area contributed by atoms with Crippen LogP contribution in [0.3, 0.4) is 0 Å². The van der Waals surface area contributed by atoms with E-state index in [1.54, 1.807) is 0 Å². The fourth-order valence-corrected chi connectivity index (χ4v) is 3.09. The third kappa shape index (κ3) is 3.70. The third-order valence-corrected chi connectivity index (χ3v) is 4.58. The first-order valence-corrected chi connectivity index (χ1v) is 8.47. The van der Waals surface area contributed by atoms with Gasteiger partial charge in [-0.1, -0.05) is 24.3 Å². The fourth-order valence-electron chi connectivity index (χ4n) is 3.09. The van der Waals surface area contributed by atoms with Crippen molar-refractivity contribution < 1.29 is 9.53 Å². The predicted octanol–water partition coefficient (Wildman–Crippen LogP) is 4.25. The lowest BCUT2D eigenvalue weighted by atomic mass is 9.92. The van der Waals surface area contributed by atoms with Crippen LogP contribution in [0.5, 0.6) is 5.75 Å². The lowest BCUT2D eigenvalue weighted by Crippen LogP contribution is -2.35. The van der Waals surface area contributed by atoms with Crippen LogP contribution in [0.15, 0.2) is 48.5 Å². The van der Waals surface area contributed by atoms with Crippen molar-refractivity contribution in [3.8, 4) is 5.75 Å². The van der Waals surface area contributed by atoms with Gasteiger partial charge in [-0.3, -0.25) is 0 Å². The molecule has 0 aromatic heterocycles. The Hall–Kier alpha value is -2.49. The SMILES string of the molecule is CCOc1ccc(NC(=O)NCC2(c3ccccc3C)CC2)cc1. The molecule has 2 amide bonds. The van der Waals surface area contributed by atoms with E-state index in [-0.39, 0.29) is 11.4 Å². The minimum absolute atomic E-state index is 0.113. The van der Waals surface area contributed by atoms with Crippen molar-refractivity contribution in [2.45, 2.75) is 32.1 Å². The summed E-state index contributed by atoms with van der Waals surface area (Å²) in [6.45, 7) is 5.38. The molecule has 2 N–H and O–H groups in total. The molecule has 0 unspecified atom stereocenters. The molecule has 0 spiro atoms. The predicted molar refractivity (Wildman–Crippen MR) is 96.7 cm³/mol. The molecule has 2 aromatic rings. The molecule has 3 rings (SSSR count). The molecule has 1 aliphatic carbocycles. The normalized spacial score (nSPS) is 14.8. The van der Waals surface area contributed by atoms with Gasteiger partial charge in [0.1, 0.15) is 5.75 Å².